The van der Waals surface area contributed by atoms with Gasteiger partial charge in [-0.1, -0.05) is 30.3 Å². The smallest absolute Gasteiger partial charge is 0.244 e. The fourth-order valence-corrected chi connectivity index (χ4v) is 1.87. The van der Waals surface area contributed by atoms with Crippen molar-refractivity contribution in [3.8, 4) is 0 Å². The van der Waals surface area contributed by atoms with Gasteiger partial charge in [-0.05, 0) is 30.2 Å². The third-order valence-corrected chi connectivity index (χ3v) is 3.15. The molecule has 1 aromatic heterocycles. The van der Waals surface area contributed by atoms with E-state index in [9.17, 15) is 4.79 Å². The van der Waals surface area contributed by atoms with Crippen molar-refractivity contribution < 1.29 is 4.79 Å². The third-order valence-electron chi connectivity index (χ3n) is 3.15. The van der Waals surface area contributed by atoms with Crippen LogP contribution in [-0.4, -0.2) is 24.0 Å². The van der Waals surface area contributed by atoms with Gasteiger partial charge in [-0.25, -0.2) is 4.98 Å². The summed E-state index contributed by atoms with van der Waals surface area (Å²) >= 11 is 0. The van der Waals surface area contributed by atoms with E-state index in [0.29, 0.717) is 24.6 Å². The highest BCUT2D eigenvalue weighted by Crippen LogP contribution is 2.17. The molecular weight excluding hydrogens is 276 g/mol. The molecule has 0 saturated heterocycles. The highest BCUT2D eigenvalue weighted by atomic mass is 16.1. The predicted octanol–water partition coefficient (Wildman–Crippen LogP) is 2.21. The van der Waals surface area contributed by atoms with E-state index < -0.39 is 0 Å². The van der Waals surface area contributed by atoms with E-state index in [1.807, 2.05) is 43.3 Å². The van der Waals surface area contributed by atoms with Gasteiger partial charge >= 0.3 is 0 Å². The van der Waals surface area contributed by atoms with Gasteiger partial charge in [0.25, 0.3) is 0 Å². The Balaban J connectivity index is 1.73. The zero-order valence-electron chi connectivity index (χ0n) is 12.5. The number of nitrogens with one attached hydrogen (secondary N) is 2. The lowest BCUT2D eigenvalue weighted by atomic mass is 10.2. The van der Waals surface area contributed by atoms with Crippen molar-refractivity contribution in [3.05, 3.63) is 59.8 Å². The largest absolute Gasteiger partial charge is 0.396 e. The van der Waals surface area contributed by atoms with Gasteiger partial charge in [-0.3, -0.25) is 4.79 Å². The van der Waals surface area contributed by atoms with E-state index in [2.05, 4.69) is 15.6 Å². The number of carbonyl (C=O) groups is 1. The fraction of sp³-hybridized carbons (Fsp3) is 0.176. The molecule has 0 unspecified atom stereocenters. The molecule has 0 saturated carbocycles. The van der Waals surface area contributed by atoms with Crippen LogP contribution in [0, 0.1) is 6.92 Å². The minimum Gasteiger partial charge on any atom is -0.396 e. The molecule has 0 spiro atoms. The SMILES string of the molecule is Cc1ccnc(NCCNC(=O)/C=C/c2ccccc2)c1N. The van der Waals surface area contributed by atoms with Crippen molar-refractivity contribution in [1.29, 1.82) is 0 Å². The zero-order chi connectivity index (χ0) is 15.8. The normalized spacial score (nSPS) is 10.6. The summed E-state index contributed by atoms with van der Waals surface area (Å²) in [6.45, 7) is 2.98. The molecule has 0 atom stereocenters. The van der Waals surface area contributed by atoms with Crippen molar-refractivity contribution >= 4 is 23.5 Å². The van der Waals surface area contributed by atoms with E-state index in [4.69, 9.17) is 5.73 Å². The number of nitrogen functional groups attached to an aromatic ring is 1. The second-order valence-corrected chi connectivity index (χ2v) is 4.85. The second kappa shape index (κ2) is 7.83. The minimum atomic E-state index is -0.129. The summed E-state index contributed by atoms with van der Waals surface area (Å²) in [5.41, 5.74) is 8.52. The first-order valence-electron chi connectivity index (χ1n) is 7.13. The molecule has 0 bridgehead atoms. The molecule has 2 aromatic rings. The summed E-state index contributed by atoms with van der Waals surface area (Å²) in [4.78, 5) is 15.9. The minimum absolute atomic E-state index is 0.129. The molecule has 0 radical (unpaired) electrons. The van der Waals surface area contributed by atoms with Gasteiger partial charge in [0.2, 0.25) is 5.91 Å². The van der Waals surface area contributed by atoms with E-state index in [1.165, 1.54) is 6.08 Å². The van der Waals surface area contributed by atoms with Crippen LogP contribution >= 0.6 is 0 Å². The number of hydrogen-bond acceptors (Lipinski definition) is 4. The van der Waals surface area contributed by atoms with Crippen LogP contribution in [0.25, 0.3) is 6.08 Å². The number of carbonyl (C=O) groups excluding carboxylic acids is 1. The first-order valence-corrected chi connectivity index (χ1v) is 7.13. The van der Waals surface area contributed by atoms with E-state index in [-0.39, 0.29) is 5.91 Å². The van der Waals surface area contributed by atoms with Crippen molar-refractivity contribution in [2.24, 2.45) is 0 Å². The number of nitrogens with zero attached hydrogens (tertiary/aromatic N) is 1. The van der Waals surface area contributed by atoms with Gasteiger partial charge in [-0.15, -0.1) is 0 Å². The third kappa shape index (κ3) is 4.63. The Bertz CT molecular complexity index is 653. The Morgan fingerprint density at radius 2 is 2.00 bits per heavy atom. The van der Waals surface area contributed by atoms with Gasteiger partial charge in [0.15, 0.2) is 0 Å². The number of benzene rings is 1. The number of pyridine rings is 1. The van der Waals surface area contributed by atoms with Gasteiger partial charge in [0, 0.05) is 25.4 Å². The lowest BCUT2D eigenvalue weighted by Crippen LogP contribution is -2.27. The first kappa shape index (κ1) is 15.6. The van der Waals surface area contributed by atoms with Crippen LogP contribution in [0.15, 0.2) is 48.7 Å². The number of rotatable bonds is 6. The molecule has 0 aliphatic heterocycles. The van der Waals surface area contributed by atoms with Gasteiger partial charge < -0.3 is 16.4 Å². The molecule has 1 aromatic carbocycles. The van der Waals surface area contributed by atoms with Gasteiger partial charge in [0.05, 0.1) is 5.69 Å². The molecular formula is C17H20N4O. The van der Waals surface area contributed by atoms with Crippen molar-refractivity contribution in [3.63, 3.8) is 0 Å². The van der Waals surface area contributed by atoms with E-state index in [1.54, 1.807) is 12.3 Å². The van der Waals surface area contributed by atoms with Crippen LogP contribution in [0.2, 0.25) is 0 Å². The second-order valence-electron chi connectivity index (χ2n) is 4.85. The number of aromatic nitrogens is 1. The molecule has 5 heteroatoms. The van der Waals surface area contributed by atoms with Gasteiger partial charge in [0.1, 0.15) is 5.82 Å². The fourth-order valence-electron chi connectivity index (χ4n) is 1.87. The van der Waals surface area contributed by atoms with Crippen LogP contribution in [0.5, 0.6) is 0 Å². The molecule has 22 heavy (non-hydrogen) atoms. The number of amides is 1. The molecule has 1 heterocycles. The summed E-state index contributed by atoms with van der Waals surface area (Å²) in [6, 6.07) is 11.5. The van der Waals surface area contributed by atoms with Crippen LogP contribution < -0.4 is 16.4 Å². The summed E-state index contributed by atoms with van der Waals surface area (Å²) in [7, 11) is 0. The molecule has 1 amide bonds. The van der Waals surface area contributed by atoms with E-state index in [0.717, 1.165) is 11.1 Å². The Kier molecular flexibility index (Phi) is 5.54. The Morgan fingerprint density at radius 1 is 1.23 bits per heavy atom. The lowest BCUT2D eigenvalue weighted by Gasteiger charge is -2.09. The Labute approximate surface area is 130 Å². The number of aryl methyl sites for hydroxylation is 1. The van der Waals surface area contributed by atoms with Crippen LogP contribution in [0.4, 0.5) is 11.5 Å². The topological polar surface area (TPSA) is 80.0 Å². The Hall–Kier alpha value is -2.82. The first-order chi connectivity index (χ1) is 10.7. The quantitative estimate of drug-likeness (QED) is 0.564. The van der Waals surface area contributed by atoms with E-state index >= 15 is 0 Å². The summed E-state index contributed by atoms with van der Waals surface area (Å²) in [6.07, 6.45) is 5.01. The molecule has 4 N–H and O–H groups in total. The summed E-state index contributed by atoms with van der Waals surface area (Å²) in [5, 5.41) is 5.91. The molecule has 5 nitrogen and oxygen atoms in total. The number of nitrogens with two attached hydrogens (primary N) is 1. The van der Waals surface area contributed by atoms with Crippen molar-refractivity contribution in [2.45, 2.75) is 6.92 Å². The standard InChI is InChI=1S/C17H20N4O/c1-13-9-10-20-17(16(13)18)21-12-11-19-15(22)8-7-14-5-3-2-4-6-14/h2-10H,11-12,18H2,1H3,(H,19,22)(H,20,21)/b8-7+. The summed E-state index contributed by atoms with van der Waals surface area (Å²) in [5.74, 6) is 0.518. The monoisotopic (exact) mass is 296 g/mol. The predicted molar refractivity (Wildman–Crippen MR) is 90.4 cm³/mol. The molecule has 2 rings (SSSR count). The Morgan fingerprint density at radius 3 is 2.77 bits per heavy atom. The number of hydrogen-bond donors (Lipinski definition) is 3. The van der Waals surface area contributed by atoms with Crippen LogP contribution in [-0.2, 0) is 4.79 Å². The highest BCUT2D eigenvalue weighted by Gasteiger charge is 2.02. The van der Waals surface area contributed by atoms with Gasteiger partial charge in [-0.2, -0.15) is 0 Å². The molecule has 0 aliphatic carbocycles. The summed E-state index contributed by atoms with van der Waals surface area (Å²) < 4.78 is 0. The average Bonchev–Trinajstić information content (AvgIpc) is 2.54. The lowest BCUT2D eigenvalue weighted by molar-refractivity contribution is -0.116. The zero-order valence-corrected chi connectivity index (χ0v) is 12.5. The van der Waals surface area contributed by atoms with Crippen LogP contribution in [0.3, 0.4) is 0 Å². The maximum atomic E-state index is 11.7. The molecule has 0 aliphatic rings. The average molecular weight is 296 g/mol. The highest BCUT2D eigenvalue weighted by molar-refractivity contribution is 5.91. The maximum Gasteiger partial charge on any atom is 0.244 e. The van der Waals surface area contributed by atoms with Crippen molar-refractivity contribution in [1.82, 2.24) is 10.3 Å². The number of anilines is 2. The van der Waals surface area contributed by atoms with Crippen molar-refractivity contribution in [2.75, 3.05) is 24.1 Å². The molecule has 114 valence electrons. The van der Waals surface area contributed by atoms with Crippen LogP contribution in [0.1, 0.15) is 11.1 Å². The molecule has 0 fully saturated rings. The maximum absolute atomic E-state index is 11.7.